The fourth-order valence-corrected chi connectivity index (χ4v) is 2.64. The average Bonchev–Trinajstić information content (AvgIpc) is 2.42. The standard InChI is InChI=1S/C15H24N2O2/c1-10-7-15(18-3)11(2)6-13(10)14(16)8-12-9-19-5-4-17-12/h6-7,12,14,17H,4-5,8-9,16H2,1-3H3. The fraction of sp³-hybridized carbons (Fsp3) is 0.600. The smallest absolute Gasteiger partial charge is 0.122 e. The number of methoxy groups -OCH3 is 1. The summed E-state index contributed by atoms with van der Waals surface area (Å²) in [7, 11) is 1.70. The highest BCUT2D eigenvalue weighted by molar-refractivity contribution is 5.42. The van der Waals surface area contributed by atoms with E-state index in [2.05, 4.69) is 31.3 Å². The van der Waals surface area contributed by atoms with Gasteiger partial charge in [-0.15, -0.1) is 0 Å². The first-order valence-corrected chi connectivity index (χ1v) is 6.83. The van der Waals surface area contributed by atoms with Crippen LogP contribution >= 0.6 is 0 Å². The molecule has 0 aromatic heterocycles. The van der Waals surface area contributed by atoms with Gasteiger partial charge in [0.1, 0.15) is 5.75 Å². The lowest BCUT2D eigenvalue weighted by atomic mass is 9.94. The van der Waals surface area contributed by atoms with Crippen molar-refractivity contribution in [3.8, 4) is 5.75 Å². The number of hydrogen-bond acceptors (Lipinski definition) is 4. The van der Waals surface area contributed by atoms with E-state index in [0.29, 0.717) is 6.04 Å². The molecule has 1 heterocycles. The van der Waals surface area contributed by atoms with Crippen molar-refractivity contribution in [3.63, 3.8) is 0 Å². The maximum Gasteiger partial charge on any atom is 0.122 e. The molecule has 4 nitrogen and oxygen atoms in total. The molecule has 1 aromatic rings. The molecule has 1 saturated heterocycles. The molecule has 106 valence electrons. The molecule has 2 rings (SSSR count). The van der Waals surface area contributed by atoms with Crippen molar-refractivity contribution in [2.45, 2.75) is 32.4 Å². The lowest BCUT2D eigenvalue weighted by molar-refractivity contribution is 0.0719. The van der Waals surface area contributed by atoms with E-state index in [-0.39, 0.29) is 6.04 Å². The van der Waals surface area contributed by atoms with E-state index >= 15 is 0 Å². The monoisotopic (exact) mass is 264 g/mol. The number of benzene rings is 1. The maximum atomic E-state index is 6.35. The first kappa shape index (κ1) is 14.3. The maximum absolute atomic E-state index is 6.35. The van der Waals surface area contributed by atoms with Crippen LogP contribution in [0.5, 0.6) is 5.75 Å². The molecular weight excluding hydrogens is 240 g/mol. The van der Waals surface area contributed by atoms with Crippen molar-refractivity contribution in [2.75, 3.05) is 26.9 Å². The van der Waals surface area contributed by atoms with Crippen LogP contribution in [0.3, 0.4) is 0 Å². The Labute approximate surface area is 115 Å². The van der Waals surface area contributed by atoms with Crippen LogP contribution in [0.2, 0.25) is 0 Å². The third-order valence-corrected chi connectivity index (χ3v) is 3.72. The summed E-state index contributed by atoms with van der Waals surface area (Å²) in [5.74, 6) is 0.924. The minimum absolute atomic E-state index is 0.0313. The Kier molecular flexibility index (Phi) is 4.80. The van der Waals surface area contributed by atoms with E-state index in [1.54, 1.807) is 7.11 Å². The summed E-state index contributed by atoms with van der Waals surface area (Å²) < 4.78 is 10.8. The van der Waals surface area contributed by atoms with Gasteiger partial charge in [-0.25, -0.2) is 0 Å². The normalized spacial score (nSPS) is 21.2. The number of nitrogens with two attached hydrogens (primary N) is 1. The van der Waals surface area contributed by atoms with Gasteiger partial charge in [0, 0.05) is 18.6 Å². The van der Waals surface area contributed by atoms with Crippen LogP contribution in [-0.4, -0.2) is 32.9 Å². The average molecular weight is 264 g/mol. The van der Waals surface area contributed by atoms with Crippen molar-refractivity contribution in [2.24, 2.45) is 5.73 Å². The molecule has 0 aliphatic carbocycles. The molecule has 0 amide bonds. The summed E-state index contributed by atoms with van der Waals surface area (Å²) in [5, 5.41) is 3.45. The van der Waals surface area contributed by atoms with Gasteiger partial charge >= 0.3 is 0 Å². The molecule has 1 aromatic carbocycles. The van der Waals surface area contributed by atoms with E-state index in [1.165, 1.54) is 11.1 Å². The second kappa shape index (κ2) is 6.37. The molecule has 0 saturated carbocycles. The van der Waals surface area contributed by atoms with Gasteiger partial charge in [0.05, 0.1) is 20.3 Å². The van der Waals surface area contributed by atoms with Gasteiger partial charge in [-0.2, -0.15) is 0 Å². The summed E-state index contributed by atoms with van der Waals surface area (Å²) in [6, 6.07) is 4.59. The van der Waals surface area contributed by atoms with Crippen molar-refractivity contribution in [1.82, 2.24) is 5.32 Å². The zero-order valence-electron chi connectivity index (χ0n) is 12.0. The Hall–Kier alpha value is -1.10. The van der Waals surface area contributed by atoms with Crippen LogP contribution in [0.25, 0.3) is 0 Å². The molecule has 4 heteroatoms. The molecule has 2 atom stereocenters. The van der Waals surface area contributed by atoms with E-state index in [0.717, 1.165) is 37.5 Å². The third kappa shape index (κ3) is 3.47. The predicted octanol–water partition coefficient (Wildman–Crippen LogP) is 1.69. The van der Waals surface area contributed by atoms with Crippen LogP contribution in [0.1, 0.15) is 29.2 Å². The molecule has 2 unspecified atom stereocenters. The van der Waals surface area contributed by atoms with Crippen molar-refractivity contribution >= 4 is 0 Å². The minimum Gasteiger partial charge on any atom is -0.496 e. The number of aryl methyl sites for hydroxylation is 2. The molecular formula is C15H24N2O2. The highest BCUT2D eigenvalue weighted by atomic mass is 16.5. The summed E-state index contributed by atoms with van der Waals surface area (Å²) in [6.07, 6.45) is 0.895. The Bertz CT molecular complexity index is 428. The van der Waals surface area contributed by atoms with Crippen molar-refractivity contribution in [3.05, 3.63) is 28.8 Å². The van der Waals surface area contributed by atoms with Crippen molar-refractivity contribution in [1.29, 1.82) is 0 Å². The number of nitrogens with one attached hydrogen (secondary N) is 1. The molecule has 0 spiro atoms. The van der Waals surface area contributed by atoms with E-state index in [9.17, 15) is 0 Å². The van der Waals surface area contributed by atoms with Gasteiger partial charge in [-0.05, 0) is 43.0 Å². The number of hydrogen-bond donors (Lipinski definition) is 2. The molecule has 1 aliphatic rings. The van der Waals surface area contributed by atoms with Crippen molar-refractivity contribution < 1.29 is 9.47 Å². The van der Waals surface area contributed by atoms with Crippen LogP contribution in [0, 0.1) is 13.8 Å². The quantitative estimate of drug-likeness (QED) is 0.869. The summed E-state index contributed by atoms with van der Waals surface area (Å²) >= 11 is 0. The Balaban J connectivity index is 2.09. The van der Waals surface area contributed by atoms with Crippen LogP contribution in [0.15, 0.2) is 12.1 Å². The fourth-order valence-electron chi connectivity index (χ4n) is 2.64. The van der Waals surface area contributed by atoms with Crippen LogP contribution < -0.4 is 15.8 Å². The summed E-state index contributed by atoms with van der Waals surface area (Å²) in [4.78, 5) is 0. The number of ether oxygens (including phenoxy) is 2. The highest BCUT2D eigenvalue weighted by Crippen LogP contribution is 2.27. The lowest BCUT2D eigenvalue weighted by Crippen LogP contribution is -2.42. The second-order valence-corrected chi connectivity index (χ2v) is 5.25. The third-order valence-electron chi connectivity index (χ3n) is 3.72. The zero-order chi connectivity index (χ0) is 13.8. The minimum atomic E-state index is 0.0313. The highest BCUT2D eigenvalue weighted by Gasteiger charge is 2.19. The van der Waals surface area contributed by atoms with Gasteiger partial charge in [0.25, 0.3) is 0 Å². The van der Waals surface area contributed by atoms with E-state index in [1.807, 2.05) is 0 Å². The molecule has 1 aliphatic heterocycles. The Morgan fingerprint density at radius 2 is 2.21 bits per heavy atom. The van der Waals surface area contributed by atoms with Gasteiger partial charge in [-0.1, -0.05) is 6.07 Å². The Morgan fingerprint density at radius 1 is 1.42 bits per heavy atom. The Morgan fingerprint density at radius 3 is 2.84 bits per heavy atom. The topological polar surface area (TPSA) is 56.5 Å². The second-order valence-electron chi connectivity index (χ2n) is 5.25. The van der Waals surface area contributed by atoms with E-state index < -0.39 is 0 Å². The van der Waals surface area contributed by atoms with Gasteiger partial charge in [0.2, 0.25) is 0 Å². The largest absolute Gasteiger partial charge is 0.496 e. The van der Waals surface area contributed by atoms with Crippen LogP contribution in [0.4, 0.5) is 0 Å². The number of morpholine rings is 1. The van der Waals surface area contributed by atoms with Gasteiger partial charge in [-0.3, -0.25) is 0 Å². The van der Waals surface area contributed by atoms with Gasteiger partial charge < -0.3 is 20.5 Å². The molecule has 19 heavy (non-hydrogen) atoms. The van der Waals surface area contributed by atoms with Gasteiger partial charge in [0.15, 0.2) is 0 Å². The SMILES string of the molecule is COc1cc(C)c(C(N)CC2COCCN2)cc1C. The first-order chi connectivity index (χ1) is 9.11. The lowest BCUT2D eigenvalue weighted by Gasteiger charge is -2.27. The van der Waals surface area contributed by atoms with Crippen LogP contribution in [-0.2, 0) is 4.74 Å². The summed E-state index contributed by atoms with van der Waals surface area (Å²) in [6.45, 7) is 6.60. The zero-order valence-corrected chi connectivity index (χ0v) is 12.0. The summed E-state index contributed by atoms with van der Waals surface area (Å²) in [5.41, 5.74) is 9.87. The molecule has 1 fully saturated rings. The molecule has 0 radical (unpaired) electrons. The van der Waals surface area contributed by atoms with E-state index in [4.69, 9.17) is 15.2 Å². The predicted molar refractivity (Wildman–Crippen MR) is 76.6 cm³/mol. The first-order valence-electron chi connectivity index (χ1n) is 6.83. The molecule has 0 bridgehead atoms. The molecule has 3 N–H and O–H groups in total. The number of rotatable bonds is 4.